The van der Waals surface area contributed by atoms with Crippen molar-refractivity contribution in [2.75, 3.05) is 7.11 Å². The molecule has 1 atom stereocenters. The second kappa shape index (κ2) is 5.35. The van der Waals surface area contributed by atoms with Gasteiger partial charge in [0.05, 0.1) is 19.6 Å². The van der Waals surface area contributed by atoms with Crippen molar-refractivity contribution in [3.05, 3.63) is 33.8 Å². The zero-order valence-corrected chi connectivity index (χ0v) is 9.55. The number of ether oxygens (including phenoxy) is 1. The number of rotatable bonds is 3. The molecule has 15 heavy (non-hydrogen) atoms. The fourth-order valence-corrected chi connectivity index (χ4v) is 1.82. The van der Waals surface area contributed by atoms with E-state index in [1.165, 1.54) is 7.11 Å². The normalized spacial score (nSPS) is 12.3. The van der Waals surface area contributed by atoms with E-state index in [1.54, 1.807) is 18.2 Å². The van der Waals surface area contributed by atoms with E-state index in [0.29, 0.717) is 15.6 Å². The molecule has 0 saturated heterocycles. The number of carbonyl (C=O) groups excluding carboxylic acids is 1. The predicted octanol–water partition coefficient (Wildman–Crippen LogP) is 2.59. The zero-order valence-electron chi connectivity index (χ0n) is 8.04. The Morgan fingerprint density at radius 2 is 2.00 bits per heavy atom. The van der Waals surface area contributed by atoms with Crippen LogP contribution in [0.2, 0.25) is 10.0 Å². The molecule has 1 aromatic carbocycles. The van der Waals surface area contributed by atoms with E-state index in [-0.39, 0.29) is 6.42 Å². The molecular formula is C10H10Cl2O3. The molecule has 1 aromatic rings. The number of aliphatic hydroxyl groups excluding tert-OH is 1. The first-order chi connectivity index (χ1) is 7.06. The fourth-order valence-electron chi connectivity index (χ4n) is 1.17. The third-order valence-corrected chi connectivity index (χ3v) is 2.58. The number of hydrogen-bond donors (Lipinski definition) is 1. The molecule has 0 bridgehead atoms. The maximum Gasteiger partial charge on any atom is 0.308 e. The quantitative estimate of drug-likeness (QED) is 0.837. The molecule has 0 heterocycles. The van der Waals surface area contributed by atoms with Crippen molar-refractivity contribution in [2.24, 2.45) is 0 Å². The maximum atomic E-state index is 10.9. The highest BCUT2D eigenvalue weighted by Gasteiger charge is 2.18. The van der Waals surface area contributed by atoms with Crippen LogP contribution in [0.1, 0.15) is 18.1 Å². The highest BCUT2D eigenvalue weighted by molar-refractivity contribution is 6.36. The summed E-state index contributed by atoms with van der Waals surface area (Å²) in [5.41, 5.74) is 0.353. The van der Waals surface area contributed by atoms with Gasteiger partial charge in [0, 0.05) is 15.6 Å². The Morgan fingerprint density at radius 1 is 1.47 bits per heavy atom. The molecule has 0 fully saturated rings. The van der Waals surface area contributed by atoms with Crippen molar-refractivity contribution < 1.29 is 14.6 Å². The highest BCUT2D eigenvalue weighted by atomic mass is 35.5. The monoisotopic (exact) mass is 248 g/mol. The molecule has 0 aliphatic heterocycles. The van der Waals surface area contributed by atoms with Crippen LogP contribution in [0.4, 0.5) is 0 Å². The Hall–Kier alpha value is -0.770. The minimum Gasteiger partial charge on any atom is -0.469 e. The van der Waals surface area contributed by atoms with E-state index in [0.717, 1.165) is 0 Å². The van der Waals surface area contributed by atoms with Crippen molar-refractivity contribution >= 4 is 29.2 Å². The number of hydrogen-bond acceptors (Lipinski definition) is 3. The minimum absolute atomic E-state index is 0.167. The Morgan fingerprint density at radius 3 is 2.47 bits per heavy atom. The maximum absolute atomic E-state index is 10.9. The van der Waals surface area contributed by atoms with Gasteiger partial charge in [0.15, 0.2) is 0 Å². The summed E-state index contributed by atoms with van der Waals surface area (Å²) in [4.78, 5) is 10.9. The third kappa shape index (κ3) is 3.09. The molecule has 0 radical (unpaired) electrons. The summed E-state index contributed by atoms with van der Waals surface area (Å²) in [6.07, 6.45) is -1.21. The third-order valence-electron chi connectivity index (χ3n) is 1.92. The number of carbonyl (C=O) groups is 1. The van der Waals surface area contributed by atoms with Crippen LogP contribution in [-0.4, -0.2) is 18.2 Å². The minimum atomic E-state index is -1.04. The first-order valence-electron chi connectivity index (χ1n) is 4.25. The molecule has 0 saturated carbocycles. The number of halogens is 2. The van der Waals surface area contributed by atoms with E-state index in [1.807, 2.05) is 0 Å². The summed E-state index contributed by atoms with van der Waals surface area (Å²) in [6.45, 7) is 0. The summed E-state index contributed by atoms with van der Waals surface area (Å²) in [6, 6.07) is 4.87. The van der Waals surface area contributed by atoms with Crippen LogP contribution in [0, 0.1) is 0 Å². The van der Waals surface area contributed by atoms with Crippen molar-refractivity contribution in [1.82, 2.24) is 0 Å². The number of aliphatic hydroxyl groups is 1. The van der Waals surface area contributed by atoms with Gasteiger partial charge in [-0.25, -0.2) is 0 Å². The van der Waals surface area contributed by atoms with Gasteiger partial charge in [0.2, 0.25) is 0 Å². The average Bonchev–Trinajstić information content (AvgIpc) is 2.17. The van der Waals surface area contributed by atoms with Crippen molar-refractivity contribution in [3.63, 3.8) is 0 Å². The van der Waals surface area contributed by atoms with Crippen molar-refractivity contribution in [1.29, 1.82) is 0 Å². The second-order valence-corrected chi connectivity index (χ2v) is 3.75. The summed E-state index contributed by atoms with van der Waals surface area (Å²) in [5.74, 6) is -0.515. The molecule has 1 rings (SSSR count). The van der Waals surface area contributed by atoms with Gasteiger partial charge >= 0.3 is 5.97 Å². The Kier molecular flexibility index (Phi) is 4.39. The van der Waals surface area contributed by atoms with Gasteiger partial charge in [-0.15, -0.1) is 0 Å². The lowest BCUT2D eigenvalue weighted by molar-refractivity contribution is -0.142. The number of esters is 1. The van der Waals surface area contributed by atoms with E-state index < -0.39 is 12.1 Å². The Labute approximate surface area is 97.6 Å². The van der Waals surface area contributed by atoms with Gasteiger partial charge in [0.25, 0.3) is 0 Å². The van der Waals surface area contributed by atoms with Gasteiger partial charge < -0.3 is 9.84 Å². The summed E-state index contributed by atoms with van der Waals surface area (Å²) >= 11 is 11.7. The van der Waals surface area contributed by atoms with Gasteiger partial charge in [0.1, 0.15) is 0 Å². The molecule has 0 spiro atoms. The van der Waals surface area contributed by atoms with E-state index >= 15 is 0 Å². The van der Waals surface area contributed by atoms with E-state index in [2.05, 4.69) is 4.74 Å². The van der Waals surface area contributed by atoms with Crippen molar-refractivity contribution in [2.45, 2.75) is 12.5 Å². The first-order valence-corrected chi connectivity index (χ1v) is 5.00. The Balaban J connectivity index is 2.90. The lowest BCUT2D eigenvalue weighted by Gasteiger charge is -2.12. The lowest BCUT2D eigenvalue weighted by atomic mass is 10.1. The van der Waals surface area contributed by atoms with Gasteiger partial charge in [-0.3, -0.25) is 4.79 Å². The van der Waals surface area contributed by atoms with Gasteiger partial charge in [-0.1, -0.05) is 29.3 Å². The second-order valence-electron chi connectivity index (χ2n) is 2.93. The van der Waals surface area contributed by atoms with Gasteiger partial charge in [-0.2, -0.15) is 0 Å². The lowest BCUT2D eigenvalue weighted by Crippen LogP contribution is -2.08. The SMILES string of the molecule is COC(=O)C[C@@H](O)c1c(Cl)cccc1Cl. The molecule has 1 N–H and O–H groups in total. The molecule has 0 aromatic heterocycles. The standard InChI is InChI=1S/C10H10Cl2O3/c1-15-9(14)5-8(13)10-6(11)3-2-4-7(10)12/h2-4,8,13H,5H2,1H3/t8-/m1/s1. The zero-order chi connectivity index (χ0) is 11.4. The van der Waals surface area contributed by atoms with E-state index in [9.17, 15) is 9.90 Å². The highest BCUT2D eigenvalue weighted by Crippen LogP contribution is 2.31. The fraction of sp³-hybridized carbons (Fsp3) is 0.300. The van der Waals surface area contributed by atoms with E-state index in [4.69, 9.17) is 23.2 Å². The van der Waals surface area contributed by atoms with Crippen LogP contribution in [0.15, 0.2) is 18.2 Å². The smallest absolute Gasteiger partial charge is 0.308 e. The molecular weight excluding hydrogens is 239 g/mol. The van der Waals surface area contributed by atoms with Crippen LogP contribution in [-0.2, 0) is 9.53 Å². The van der Waals surface area contributed by atoms with Crippen LogP contribution in [0.25, 0.3) is 0 Å². The molecule has 0 aliphatic rings. The molecule has 82 valence electrons. The Bertz CT molecular complexity index is 345. The molecule has 5 heteroatoms. The topological polar surface area (TPSA) is 46.5 Å². The van der Waals surface area contributed by atoms with Crippen LogP contribution >= 0.6 is 23.2 Å². The van der Waals surface area contributed by atoms with Crippen LogP contribution < -0.4 is 0 Å². The summed E-state index contributed by atoms with van der Waals surface area (Å²) in [5, 5.41) is 10.4. The summed E-state index contributed by atoms with van der Waals surface area (Å²) < 4.78 is 4.44. The van der Waals surface area contributed by atoms with Gasteiger partial charge in [-0.05, 0) is 12.1 Å². The molecule has 0 amide bonds. The largest absolute Gasteiger partial charge is 0.469 e. The average molecular weight is 249 g/mol. The predicted molar refractivity (Wildman–Crippen MR) is 58.1 cm³/mol. The van der Waals surface area contributed by atoms with Crippen LogP contribution in [0.5, 0.6) is 0 Å². The van der Waals surface area contributed by atoms with Crippen LogP contribution in [0.3, 0.4) is 0 Å². The molecule has 0 unspecified atom stereocenters. The summed E-state index contributed by atoms with van der Waals surface area (Å²) in [7, 11) is 1.25. The van der Waals surface area contributed by atoms with Crippen molar-refractivity contribution in [3.8, 4) is 0 Å². The number of benzene rings is 1. The molecule has 3 nitrogen and oxygen atoms in total. The number of methoxy groups -OCH3 is 1. The first kappa shape index (κ1) is 12.3. The molecule has 0 aliphatic carbocycles.